The second-order valence-electron chi connectivity index (χ2n) is 6.41. The second kappa shape index (κ2) is 8.47. The lowest BCUT2D eigenvalue weighted by Crippen LogP contribution is -2.19. The first-order valence-corrected chi connectivity index (χ1v) is 8.80. The van der Waals surface area contributed by atoms with E-state index >= 15 is 0 Å². The quantitative estimate of drug-likeness (QED) is 0.756. The molecule has 9 heteroatoms. The lowest BCUT2D eigenvalue weighted by Gasteiger charge is -2.16. The molecule has 1 aromatic carbocycles. The highest BCUT2D eigenvalue weighted by Gasteiger charge is 2.34. The van der Waals surface area contributed by atoms with Crippen molar-refractivity contribution >= 4 is 23.2 Å². The maximum Gasteiger partial charge on any atom is 0.418 e. The van der Waals surface area contributed by atoms with Crippen LogP contribution in [0.4, 0.5) is 24.5 Å². The summed E-state index contributed by atoms with van der Waals surface area (Å²) in [6, 6.07) is 6.06. The number of ether oxygens (including phenoxy) is 1. The molecule has 1 atom stereocenters. The number of hydrogen-bond acceptors (Lipinski definition) is 4. The van der Waals surface area contributed by atoms with Gasteiger partial charge in [0.15, 0.2) is 5.76 Å². The normalized spacial score (nSPS) is 16.8. The summed E-state index contributed by atoms with van der Waals surface area (Å²) >= 11 is 0. The Morgan fingerprint density at radius 3 is 2.64 bits per heavy atom. The minimum Gasteiger partial charge on any atom is -0.459 e. The fourth-order valence-corrected chi connectivity index (χ4v) is 2.94. The van der Waals surface area contributed by atoms with Crippen LogP contribution in [0.5, 0.6) is 0 Å². The van der Waals surface area contributed by atoms with Gasteiger partial charge in [-0.3, -0.25) is 9.59 Å². The molecule has 0 aliphatic carbocycles. The first kappa shape index (κ1) is 19.9. The van der Waals surface area contributed by atoms with Crippen molar-refractivity contribution in [3.63, 3.8) is 0 Å². The van der Waals surface area contributed by atoms with Gasteiger partial charge < -0.3 is 19.8 Å². The van der Waals surface area contributed by atoms with Crippen molar-refractivity contribution in [2.75, 3.05) is 17.2 Å². The number of carbonyl (C=O) groups excluding carboxylic acids is 2. The number of furan rings is 1. The summed E-state index contributed by atoms with van der Waals surface area (Å²) in [5.74, 6) is -1.22. The Hall–Kier alpha value is -2.81. The molecule has 1 unspecified atom stereocenters. The molecule has 2 amide bonds. The molecular formula is C19H19F3N2O4. The third kappa shape index (κ3) is 5.13. The molecule has 2 aromatic rings. The fourth-order valence-electron chi connectivity index (χ4n) is 2.94. The first-order valence-electron chi connectivity index (χ1n) is 8.80. The van der Waals surface area contributed by atoms with E-state index in [1.807, 2.05) is 0 Å². The lowest BCUT2D eigenvalue weighted by molar-refractivity contribution is -0.136. The average molecular weight is 396 g/mol. The maximum absolute atomic E-state index is 13.4. The first-order chi connectivity index (χ1) is 13.3. The van der Waals surface area contributed by atoms with Crippen molar-refractivity contribution < 1.29 is 31.9 Å². The number of rotatable bonds is 6. The van der Waals surface area contributed by atoms with Crippen LogP contribution in [0.1, 0.15) is 41.8 Å². The van der Waals surface area contributed by atoms with Crippen molar-refractivity contribution in [2.24, 2.45) is 0 Å². The van der Waals surface area contributed by atoms with Crippen LogP contribution in [-0.4, -0.2) is 24.5 Å². The van der Waals surface area contributed by atoms with Crippen LogP contribution < -0.4 is 10.6 Å². The Labute approximate surface area is 159 Å². The number of benzene rings is 1. The van der Waals surface area contributed by atoms with Crippen LogP contribution in [0.15, 0.2) is 41.0 Å². The molecule has 3 rings (SSSR count). The predicted molar refractivity (Wildman–Crippen MR) is 94.9 cm³/mol. The van der Waals surface area contributed by atoms with E-state index in [0.717, 1.165) is 25.0 Å². The molecule has 2 N–H and O–H groups in total. The zero-order valence-corrected chi connectivity index (χ0v) is 14.8. The Bertz CT molecular complexity index is 828. The van der Waals surface area contributed by atoms with Crippen LogP contribution in [-0.2, 0) is 15.7 Å². The van der Waals surface area contributed by atoms with Crippen LogP contribution in [0, 0.1) is 0 Å². The lowest BCUT2D eigenvalue weighted by atomic mass is 10.1. The number of nitrogens with one attached hydrogen (secondary N) is 2. The van der Waals surface area contributed by atoms with Crippen molar-refractivity contribution in [2.45, 2.75) is 38.0 Å². The zero-order valence-electron chi connectivity index (χ0n) is 14.8. The number of carbonyl (C=O) groups is 2. The number of alkyl halides is 3. The maximum atomic E-state index is 13.4. The number of anilines is 2. The van der Waals surface area contributed by atoms with Gasteiger partial charge in [-0.25, -0.2) is 0 Å². The molecule has 2 heterocycles. The van der Waals surface area contributed by atoms with Gasteiger partial charge in [0.1, 0.15) is 0 Å². The smallest absolute Gasteiger partial charge is 0.418 e. The topological polar surface area (TPSA) is 80.6 Å². The summed E-state index contributed by atoms with van der Waals surface area (Å²) in [6.07, 6.45) is -1.13. The van der Waals surface area contributed by atoms with Crippen molar-refractivity contribution in [3.8, 4) is 0 Å². The summed E-state index contributed by atoms with van der Waals surface area (Å²) in [5, 5.41) is 4.64. The molecule has 150 valence electrons. The van der Waals surface area contributed by atoms with Crippen molar-refractivity contribution in [1.29, 1.82) is 0 Å². The standard InChI is InChI=1S/C19H19F3N2O4/c20-19(21,22)14-11-12(23-18(26)16-4-2-10-28-16)5-7-15(14)24-17(25)8-6-13-3-1-9-27-13/h2,4-5,7,10-11,13H,1,3,6,8-9H2,(H,23,26)(H,24,25). The van der Waals surface area contributed by atoms with E-state index in [4.69, 9.17) is 9.15 Å². The van der Waals surface area contributed by atoms with E-state index in [2.05, 4.69) is 10.6 Å². The third-order valence-electron chi connectivity index (χ3n) is 4.32. The van der Waals surface area contributed by atoms with Crippen LogP contribution in [0.3, 0.4) is 0 Å². The van der Waals surface area contributed by atoms with Gasteiger partial charge in [0, 0.05) is 18.7 Å². The summed E-state index contributed by atoms with van der Waals surface area (Å²) in [5.41, 5.74) is -1.47. The summed E-state index contributed by atoms with van der Waals surface area (Å²) < 4.78 is 50.6. The Kier molecular flexibility index (Phi) is 6.03. The Morgan fingerprint density at radius 1 is 1.18 bits per heavy atom. The van der Waals surface area contributed by atoms with Gasteiger partial charge in [0.25, 0.3) is 5.91 Å². The molecule has 0 spiro atoms. The van der Waals surface area contributed by atoms with Crippen molar-refractivity contribution in [3.05, 3.63) is 47.9 Å². The van der Waals surface area contributed by atoms with E-state index < -0.39 is 23.6 Å². The summed E-state index contributed by atoms with van der Waals surface area (Å²) in [6.45, 7) is 0.649. The van der Waals surface area contributed by atoms with E-state index in [0.29, 0.717) is 13.0 Å². The molecule has 0 saturated carbocycles. The number of hydrogen-bond donors (Lipinski definition) is 2. The third-order valence-corrected chi connectivity index (χ3v) is 4.32. The highest BCUT2D eigenvalue weighted by Crippen LogP contribution is 2.37. The van der Waals surface area contributed by atoms with Crippen LogP contribution in [0.2, 0.25) is 0 Å². The molecule has 1 aromatic heterocycles. The van der Waals surface area contributed by atoms with E-state index in [1.54, 1.807) is 0 Å². The molecule has 6 nitrogen and oxygen atoms in total. The van der Waals surface area contributed by atoms with E-state index in [1.165, 1.54) is 24.5 Å². The van der Waals surface area contributed by atoms with Crippen LogP contribution >= 0.6 is 0 Å². The largest absolute Gasteiger partial charge is 0.459 e. The highest BCUT2D eigenvalue weighted by atomic mass is 19.4. The summed E-state index contributed by atoms with van der Waals surface area (Å²) in [4.78, 5) is 24.0. The predicted octanol–water partition coefficient (Wildman–Crippen LogP) is 4.45. The van der Waals surface area contributed by atoms with Gasteiger partial charge in [-0.05, 0) is 49.6 Å². The number of halogens is 3. The average Bonchev–Trinajstić information content (AvgIpc) is 3.34. The van der Waals surface area contributed by atoms with Crippen molar-refractivity contribution in [1.82, 2.24) is 0 Å². The van der Waals surface area contributed by atoms with Gasteiger partial charge in [0.2, 0.25) is 5.91 Å². The molecule has 0 radical (unpaired) electrons. The van der Waals surface area contributed by atoms with E-state index in [-0.39, 0.29) is 29.7 Å². The summed E-state index contributed by atoms with van der Waals surface area (Å²) in [7, 11) is 0. The minimum atomic E-state index is -4.71. The number of amides is 2. The van der Waals surface area contributed by atoms with Gasteiger partial charge in [-0.2, -0.15) is 13.2 Å². The monoisotopic (exact) mass is 396 g/mol. The molecule has 1 aliphatic heterocycles. The Balaban J connectivity index is 1.69. The van der Waals surface area contributed by atoms with Gasteiger partial charge >= 0.3 is 6.18 Å². The van der Waals surface area contributed by atoms with Gasteiger partial charge in [0.05, 0.1) is 23.6 Å². The molecule has 1 saturated heterocycles. The molecule has 1 fully saturated rings. The Morgan fingerprint density at radius 2 is 2.00 bits per heavy atom. The molecule has 1 aliphatic rings. The molecular weight excluding hydrogens is 377 g/mol. The molecule has 28 heavy (non-hydrogen) atoms. The van der Waals surface area contributed by atoms with Gasteiger partial charge in [-0.15, -0.1) is 0 Å². The fraction of sp³-hybridized carbons (Fsp3) is 0.368. The zero-order chi connectivity index (χ0) is 20.1. The minimum absolute atomic E-state index is 0.0213. The molecule has 0 bridgehead atoms. The van der Waals surface area contributed by atoms with Gasteiger partial charge in [-0.1, -0.05) is 0 Å². The second-order valence-corrected chi connectivity index (χ2v) is 6.41. The van der Waals surface area contributed by atoms with E-state index in [9.17, 15) is 22.8 Å². The highest BCUT2D eigenvalue weighted by molar-refractivity contribution is 6.02. The SMILES string of the molecule is O=C(CCC1CCCO1)Nc1ccc(NC(=O)c2ccco2)cc1C(F)(F)F. The van der Waals surface area contributed by atoms with Crippen LogP contribution in [0.25, 0.3) is 0 Å².